The van der Waals surface area contributed by atoms with E-state index in [0.29, 0.717) is 12.1 Å². The molecule has 0 spiro atoms. The Labute approximate surface area is 146 Å². The van der Waals surface area contributed by atoms with Crippen LogP contribution in [0.2, 0.25) is 0 Å². The lowest BCUT2D eigenvalue weighted by Gasteiger charge is -2.41. The highest BCUT2D eigenvalue weighted by Gasteiger charge is 2.32. The quantitative estimate of drug-likeness (QED) is 0.747. The summed E-state index contributed by atoms with van der Waals surface area (Å²) >= 11 is 0. The summed E-state index contributed by atoms with van der Waals surface area (Å²) in [7, 11) is 0. The molecule has 1 aromatic carbocycles. The van der Waals surface area contributed by atoms with E-state index >= 15 is 0 Å². The van der Waals surface area contributed by atoms with Gasteiger partial charge in [0.1, 0.15) is 0 Å². The van der Waals surface area contributed by atoms with Crippen molar-refractivity contribution in [2.75, 3.05) is 5.32 Å². The molecule has 3 rings (SSSR count). The summed E-state index contributed by atoms with van der Waals surface area (Å²) < 4.78 is 0. The van der Waals surface area contributed by atoms with Crippen molar-refractivity contribution in [2.45, 2.75) is 90.1 Å². The van der Waals surface area contributed by atoms with Crippen LogP contribution in [0.15, 0.2) is 18.2 Å². The Morgan fingerprint density at radius 3 is 1.79 bits per heavy atom. The number of urea groups is 1. The molecule has 1 aromatic rings. The molecule has 0 unspecified atom stereocenters. The molecule has 2 aliphatic carbocycles. The van der Waals surface area contributed by atoms with Crippen molar-refractivity contribution in [3.8, 4) is 0 Å². The predicted molar refractivity (Wildman–Crippen MR) is 101 cm³/mol. The number of carbonyl (C=O) groups excluding carboxylic acids is 1. The van der Waals surface area contributed by atoms with Gasteiger partial charge in [-0.15, -0.1) is 0 Å². The van der Waals surface area contributed by atoms with Crippen LogP contribution in [0.4, 0.5) is 10.5 Å². The van der Waals surface area contributed by atoms with Crippen LogP contribution in [0.25, 0.3) is 0 Å². The van der Waals surface area contributed by atoms with Crippen molar-refractivity contribution in [1.29, 1.82) is 0 Å². The molecule has 0 heterocycles. The largest absolute Gasteiger partial charge is 0.322 e. The van der Waals surface area contributed by atoms with Crippen LogP contribution in [0, 0.1) is 13.8 Å². The summed E-state index contributed by atoms with van der Waals surface area (Å²) in [6.07, 6.45) is 12.4. The minimum absolute atomic E-state index is 0.131. The standard InChI is InChI=1S/C21H32N2O/c1-16-10-9-11-17(2)20(16)22-21(24)23(18-12-5-3-6-13-18)19-14-7-4-8-15-19/h9-11,18-19H,3-8,12-15H2,1-2H3,(H,22,24). The van der Waals surface area contributed by atoms with Crippen molar-refractivity contribution >= 4 is 11.7 Å². The molecule has 3 nitrogen and oxygen atoms in total. The Bertz CT molecular complexity index is 519. The number of nitrogens with one attached hydrogen (secondary N) is 1. The topological polar surface area (TPSA) is 32.3 Å². The number of para-hydroxylation sites is 1. The van der Waals surface area contributed by atoms with E-state index in [4.69, 9.17) is 0 Å². The average Bonchev–Trinajstić information content (AvgIpc) is 2.60. The van der Waals surface area contributed by atoms with Crippen LogP contribution in [0.3, 0.4) is 0 Å². The van der Waals surface area contributed by atoms with E-state index in [-0.39, 0.29) is 6.03 Å². The van der Waals surface area contributed by atoms with Gasteiger partial charge in [-0.25, -0.2) is 4.79 Å². The number of rotatable bonds is 3. The maximum Gasteiger partial charge on any atom is 0.322 e. The van der Waals surface area contributed by atoms with E-state index in [1.807, 2.05) is 0 Å². The summed E-state index contributed by atoms with van der Waals surface area (Å²) in [4.78, 5) is 15.5. The third kappa shape index (κ3) is 3.93. The smallest absolute Gasteiger partial charge is 0.319 e. The molecule has 0 saturated heterocycles. The number of nitrogens with zero attached hydrogens (tertiary/aromatic N) is 1. The Hall–Kier alpha value is -1.51. The lowest BCUT2D eigenvalue weighted by atomic mass is 9.89. The zero-order valence-electron chi connectivity index (χ0n) is 15.3. The predicted octanol–water partition coefficient (Wildman–Crippen LogP) is 5.80. The van der Waals surface area contributed by atoms with E-state index in [1.165, 1.54) is 64.2 Å². The highest BCUT2D eigenvalue weighted by Crippen LogP contribution is 2.31. The Morgan fingerprint density at radius 2 is 1.33 bits per heavy atom. The molecule has 0 radical (unpaired) electrons. The molecule has 0 aromatic heterocycles. The summed E-state index contributed by atoms with van der Waals surface area (Å²) in [6.45, 7) is 4.16. The number of aryl methyl sites for hydroxylation is 2. The van der Waals surface area contributed by atoms with Gasteiger partial charge in [-0.05, 0) is 50.7 Å². The van der Waals surface area contributed by atoms with Gasteiger partial charge in [0.05, 0.1) is 0 Å². The molecular formula is C21H32N2O. The number of benzene rings is 1. The molecule has 0 atom stereocenters. The van der Waals surface area contributed by atoms with Gasteiger partial charge in [-0.2, -0.15) is 0 Å². The number of amides is 2. The van der Waals surface area contributed by atoms with Crippen LogP contribution in [-0.2, 0) is 0 Å². The fourth-order valence-electron chi connectivity index (χ4n) is 4.53. The van der Waals surface area contributed by atoms with E-state index < -0.39 is 0 Å². The van der Waals surface area contributed by atoms with Crippen molar-refractivity contribution in [3.63, 3.8) is 0 Å². The van der Waals surface area contributed by atoms with Gasteiger partial charge in [0.15, 0.2) is 0 Å². The van der Waals surface area contributed by atoms with Crippen molar-refractivity contribution in [1.82, 2.24) is 4.90 Å². The highest BCUT2D eigenvalue weighted by atomic mass is 16.2. The first kappa shape index (κ1) is 17.3. The molecule has 1 N–H and O–H groups in total. The lowest BCUT2D eigenvalue weighted by Crippen LogP contribution is -2.50. The zero-order valence-corrected chi connectivity index (χ0v) is 15.3. The summed E-state index contributed by atoms with van der Waals surface area (Å²) in [5.74, 6) is 0. The molecule has 24 heavy (non-hydrogen) atoms. The van der Waals surface area contributed by atoms with Crippen LogP contribution in [0.5, 0.6) is 0 Å². The first-order valence-electron chi connectivity index (χ1n) is 9.82. The van der Waals surface area contributed by atoms with Gasteiger partial charge in [0.25, 0.3) is 0 Å². The first-order valence-corrected chi connectivity index (χ1v) is 9.82. The van der Waals surface area contributed by atoms with Gasteiger partial charge in [0, 0.05) is 17.8 Å². The minimum Gasteiger partial charge on any atom is -0.319 e. The molecule has 0 bridgehead atoms. The molecule has 132 valence electrons. The van der Waals surface area contributed by atoms with Gasteiger partial charge >= 0.3 is 6.03 Å². The summed E-state index contributed by atoms with van der Waals surface area (Å²) in [5, 5.41) is 3.26. The molecule has 2 aliphatic rings. The minimum atomic E-state index is 0.131. The number of anilines is 1. The summed E-state index contributed by atoms with van der Waals surface area (Å²) in [6, 6.07) is 7.21. The normalized spacial score (nSPS) is 19.9. The Morgan fingerprint density at radius 1 is 0.875 bits per heavy atom. The molecule has 0 aliphatic heterocycles. The fraction of sp³-hybridized carbons (Fsp3) is 0.667. The van der Waals surface area contributed by atoms with E-state index in [1.54, 1.807) is 0 Å². The number of hydrogen-bond acceptors (Lipinski definition) is 1. The van der Waals surface area contributed by atoms with Gasteiger partial charge < -0.3 is 10.2 Å². The third-order valence-electron chi connectivity index (χ3n) is 5.88. The van der Waals surface area contributed by atoms with Crippen molar-refractivity contribution in [3.05, 3.63) is 29.3 Å². The monoisotopic (exact) mass is 328 g/mol. The number of carbonyl (C=O) groups is 1. The maximum atomic E-state index is 13.2. The molecular weight excluding hydrogens is 296 g/mol. The molecule has 3 heteroatoms. The fourth-order valence-corrected chi connectivity index (χ4v) is 4.53. The second-order valence-corrected chi connectivity index (χ2v) is 7.69. The highest BCUT2D eigenvalue weighted by molar-refractivity contribution is 5.91. The number of hydrogen-bond donors (Lipinski definition) is 1. The molecule has 2 amide bonds. The summed E-state index contributed by atoms with van der Waals surface area (Å²) in [5.41, 5.74) is 3.30. The second-order valence-electron chi connectivity index (χ2n) is 7.69. The average molecular weight is 329 g/mol. The SMILES string of the molecule is Cc1cccc(C)c1NC(=O)N(C1CCCCC1)C1CCCCC1. The van der Waals surface area contributed by atoms with E-state index in [9.17, 15) is 4.79 Å². The van der Waals surface area contributed by atoms with E-state index in [2.05, 4.69) is 42.3 Å². The molecule has 2 saturated carbocycles. The zero-order chi connectivity index (χ0) is 16.9. The van der Waals surface area contributed by atoms with Gasteiger partial charge in [0.2, 0.25) is 0 Å². The van der Waals surface area contributed by atoms with Crippen molar-refractivity contribution in [2.24, 2.45) is 0 Å². The maximum absolute atomic E-state index is 13.2. The second kappa shape index (κ2) is 8.04. The molecule has 2 fully saturated rings. The van der Waals surface area contributed by atoms with Crippen LogP contribution >= 0.6 is 0 Å². The van der Waals surface area contributed by atoms with Crippen molar-refractivity contribution < 1.29 is 4.79 Å². The Balaban J connectivity index is 1.79. The lowest BCUT2D eigenvalue weighted by molar-refractivity contribution is 0.114. The van der Waals surface area contributed by atoms with Gasteiger partial charge in [-0.1, -0.05) is 56.7 Å². The van der Waals surface area contributed by atoms with Crippen LogP contribution in [0.1, 0.15) is 75.3 Å². The van der Waals surface area contributed by atoms with Crippen LogP contribution < -0.4 is 5.32 Å². The third-order valence-corrected chi connectivity index (χ3v) is 5.88. The van der Waals surface area contributed by atoms with Gasteiger partial charge in [-0.3, -0.25) is 0 Å². The Kier molecular flexibility index (Phi) is 5.80. The first-order chi connectivity index (χ1) is 11.7. The van der Waals surface area contributed by atoms with E-state index in [0.717, 1.165) is 16.8 Å². The van der Waals surface area contributed by atoms with Crippen LogP contribution in [-0.4, -0.2) is 23.0 Å².